The fourth-order valence-corrected chi connectivity index (χ4v) is 3.21. The maximum atomic E-state index is 10.8. The molecule has 1 aliphatic carbocycles. The largest absolute Gasteiger partial charge is 0.389 e. The van der Waals surface area contributed by atoms with Gasteiger partial charge in [0.2, 0.25) is 0 Å². The van der Waals surface area contributed by atoms with E-state index in [1.807, 2.05) is 0 Å². The predicted octanol–water partition coefficient (Wildman–Crippen LogP) is 4.18. The van der Waals surface area contributed by atoms with Crippen molar-refractivity contribution in [1.29, 1.82) is 0 Å². The van der Waals surface area contributed by atoms with E-state index in [2.05, 4.69) is 54.0 Å². The Balaban J connectivity index is 2.13. The summed E-state index contributed by atoms with van der Waals surface area (Å²) >= 11 is 3.44. The second-order valence-corrected chi connectivity index (χ2v) is 6.48. The minimum Gasteiger partial charge on any atom is -0.389 e. The zero-order valence-corrected chi connectivity index (χ0v) is 12.2. The van der Waals surface area contributed by atoms with Gasteiger partial charge in [0.25, 0.3) is 0 Å². The van der Waals surface area contributed by atoms with Gasteiger partial charge in [-0.2, -0.15) is 0 Å². The smallest absolute Gasteiger partial charge is 0.0715 e. The molecule has 1 nitrogen and oxygen atoms in total. The Labute approximate surface area is 112 Å². The predicted molar refractivity (Wildman–Crippen MR) is 75.0 cm³/mol. The van der Waals surface area contributed by atoms with Gasteiger partial charge in [0, 0.05) is 10.9 Å². The first kappa shape index (κ1) is 13.1. The summed E-state index contributed by atoms with van der Waals surface area (Å²) in [6, 6.07) is 8.31. The third-order valence-electron chi connectivity index (χ3n) is 4.39. The van der Waals surface area contributed by atoms with Gasteiger partial charge < -0.3 is 5.11 Å². The molecule has 1 N–H and O–H groups in total. The van der Waals surface area contributed by atoms with Crippen molar-refractivity contribution in [2.75, 3.05) is 0 Å². The molecule has 1 aliphatic rings. The van der Waals surface area contributed by atoms with Crippen molar-refractivity contribution in [2.45, 2.75) is 45.1 Å². The molecule has 3 unspecified atom stereocenters. The van der Waals surface area contributed by atoms with Crippen molar-refractivity contribution in [3.8, 4) is 0 Å². The van der Waals surface area contributed by atoms with Crippen molar-refractivity contribution in [3.63, 3.8) is 0 Å². The fourth-order valence-electron chi connectivity index (χ4n) is 2.94. The Hall–Kier alpha value is -0.340. The summed E-state index contributed by atoms with van der Waals surface area (Å²) in [6.45, 7) is 4.46. The average Bonchev–Trinajstić information content (AvgIpc) is 2.29. The lowest BCUT2D eigenvalue weighted by atomic mass is 9.68. The fraction of sp³-hybridized carbons (Fsp3) is 0.600. The molecule has 0 heterocycles. The number of benzene rings is 1. The van der Waals surface area contributed by atoms with Gasteiger partial charge in [-0.3, -0.25) is 0 Å². The highest BCUT2D eigenvalue weighted by Crippen LogP contribution is 2.39. The Morgan fingerprint density at radius 3 is 2.59 bits per heavy atom. The van der Waals surface area contributed by atoms with E-state index in [4.69, 9.17) is 0 Å². The summed E-state index contributed by atoms with van der Waals surface area (Å²) in [5.74, 6) is 1.02. The van der Waals surface area contributed by atoms with Crippen molar-refractivity contribution >= 4 is 15.9 Å². The summed E-state index contributed by atoms with van der Waals surface area (Å²) in [6.07, 6.45) is 4.13. The normalized spacial score (nSPS) is 33.6. The third kappa shape index (κ3) is 2.92. The van der Waals surface area contributed by atoms with Crippen LogP contribution in [0, 0.1) is 11.8 Å². The average molecular weight is 297 g/mol. The topological polar surface area (TPSA) is 20.2 Å². The first-order valence-corrected chi connectivity index (χ1v) is 7.27. The minimum absolute atomic E-state index is 0.389. The van der Waals surface area contributed by atoms with Crippen LogP contribution >= 0.6 is 15.9 Å². The maximum Gasteiger partial charge on any atom is 0.0715 e. The molecule has 0 aliphatic heterocycles. The molecular formula is C15H21BrO. The van der Waals surface area contributed by atoms with Crippen molar-refractivity contribution in [1.82, 2.24) is 0 Å². The Morgan fingerprint density at radius 2 is 1.94 bits per heavy atom. The van der Waals surface area contributed by atoms with Crippen LogP contribution in [0.4, 0.5) is 0 Å². The SMILES string of the molecule is CC1CCCC(O)(Cc2ccc(Br)cc2)C1C. The first-order chi connectivity index (χ1) is 8.01. The second kappa shape index (κ2) is 5.11. The lowest BCUT2D eigenvalue weighted by molar-refractivity contribution is -0.0620. The standard InChI is InChI=1S/C15H21BrO/c1-11-4-3-9-15(17,12(11)2)10-13-5-7-14(16)8-6-13/h5-8,11-12,17H,3-4,9-10H2,1-2H3. The van der Waals surface area contributed by atoms with Gasteiger partial charge in [-0.05, 0) is 36.0 Å². The van der Waals surface area contributed by atoms with Gasteiger partial charge >= 0.3 is 0 Å². The van der Waals surface area contributed by atoms with Crippen LogP contribution < -0.4 is 0 Å². The van der Waals surface area contributed by atoms with Crippen LogP contribution in [0.25, 0.3) is 0 Å². The van der Waals surface area contributed by atoms with Crippen LogP contribution in [-0.4, -0.2) is 10.7 Å². The molecule has 1 aromatic carbocycles. The molecule has 2 rings (SSSR count). The van der Waals surface area contributed by atoms with E-state index in [0.717, 1.165) is 23.7 Å². The Morgan fingerprint density at radius 1 is 1.29 bits per heavy atom. The van der Waals surface area contributed by atoms with Crippen molar-refractivity contribution in [3.05, 3.63) is 34.3 Å². The molecular weight excluding hydrogens is 276 g/mol. The second-order valence-electron chi connectivity index (χ2n) is 5.57. The third-order valence-corrected chi connectivity index (χ3v) is 4.92. The zero-order valence-electron chi connectivity index (χ0n) is 10.6. The quantitative estimate of drug-likeness (QED) is 0.868. The Bertz CT molecular complexity index is 373. The lowest BCUT2D eigenvalue weighted by Gasteiger charge is -2.42. The molecule has 0 spiro atoms. The van der Waals surface area contributed by atoms with Crippen molar-refractivity contribution < 1.29 is 5.11 Å². The van der Waals surface area contributed by atoms with E-state index in [9.17, 15) is 5.11 Å². The van der Waals surface area contributed by atoms with Gasteiger partial charge in [-0.1, -0.05) is 54.8 Å². The van der Waals surface area contributed by atoms with E-state index < -0.39 is 5.60 Å². The summed E-state index contributed by atoms with van der Waals surface area (Å²) in [7, 11) is 0. The van der Waals surface area contributed by atoms with E-state index >= 15 is 0 Å². The van der Waals surface area contributed by atoms with Gasteiger partial charge in [-0.25, -0.2) is 0 Å². The molecule has 0 radical (unpaired) electrons. The summed E-state index contributed by atoms with van der Waals surface area (Å²) in [4.78, 5) is 0. The number of hydrogen-bond acceptors (Lipinski definition) is 1. The minimum atomic E-state index is -0.508. The molecule has 0 bridgehead atoms. The Kier molecular flexibility index (Phi) is 3.94. The highest BCUT2D eigenvalue weighted by atomic mass is 79.9. The molecule has 94 valence electrons. The zero-order chi connectivity index (χ0) is 12.5. The highest BCUT2D eigenvalue weighted by molar-refractivity contribution is 9.10. The maximum absolute atomic E-state index is 10.8. The summed E-state index contributed by atoms with van der Waals surface area (Å²) in [5.41, 5.74) is 0.725. The van der Waals surface area contributed by atoms with E-state index in [0.29, 0.717) is 11.8 Å². The highest BCUT2D eigenvalue weighted by Gasteiger charge is 2.39. The van der Waals surface area contributed by atoms with Gasteiger partial charge in [0.15, 0.2) is 0 Å². The van der Waals surface area contributed by atoms with Crippen LogP contribution in [0.2, 0.25) is 0 Å². The number of halogens is 1. The summed E-state index contributed by atoms with van der Waals surface area (Å²) < 4.78 is 1.10. The van der Waals surface area contributed by atoms with E-state index in [1.54, 1.807) is 0 Å². The number of aliphatic hydroxyl groups is 1. The molecule has 3 atom stereocenters. The molecule has 1 saturated carbocycles. The van der Waals surface area contributed by atoms with Crippen LogP contribution in [0.3, 0.4) is 0 Å². The van der Waals surface area contributed by atoms with Crippen LogP contribution in [0.15, 0.2) is 28.7 Å². The van der Waals surface area contributed by atoms with Gasteiger partial charge in [0.1, 0.15) is 0 Å². The lowest BCUT2D eigenvalue weighted by Crippen LogP contribution is -2.44. The van der Waals surface area contributed by atoms with Gasteiger partial charge in [-0.15, -0.1) is 0 Å². The van der Waals surface area contributed by atoms with Gasteiger partial charge in [0.05, 0.1) is 5.60 Å². The number of hydrogen-bond donors (Lipinski definition) is 1. The molecule has 1 aromatic rings. The molecule has 0 aromatic heterocycles. The molecule has 0 amide bonds. The van der Waals surface area contributed by atoms with E-state index in [1.165, 1.54) is 12.0 Å². The van der Waals surface area contributed by atoms with Crippen LogP contribution in [-0.2, 0) is 6.42 Å². The van der Waals surface area contributed by atoms with Crippen LogP contribution in [0.1, 0.15) is 38.7 Å². The number of rotatable bonds is 2. The molecule has 17 heavy (non-hydrogen) atoms. The molecule has 2 heteroatoms. The summed E-state index contributed by atoms with van der Waals surface area (Å²) in [5, 5.41) is 10.8. The molecule has 1 fully saturated rings. The van der Waals surface area contributed by atoms with Crippen LogP contribution in [0.5, 0.6) is 0 Å². The molecule has 0 saturated heterocycles. The first-order valence-electron chi connectivity index (χ1n) is 6.48. The van der Waals surface area contributed by atoms with Crippen molar-refractivity contribution in [2.24, 2.45) is 11.8 Å². The van der Waals surface area contributed by atoms with E-state index in [-0.39, 0.29) is 0 Å². The monoisotopic (exact) mass is 296 g/mol.